The molecule has 0 heterocycles. The van der Waals surface area contributed by atoms with E-state index in [0.717, 1.165) is 12.1 Å². The van der Waals surface area contributed by atoms with Crippen molar-refractivity contribution < 1.29 is 18.3 Å². The van der Waals surface area contributed by atoms with Crippen LogP contribution in [0.3, 0.4) is 0 Å². The Morgan fingerprint density at radius 3 is 2.53 bits per heavy atom. The van der Waals surface area contributed by atoms with Crippen LogP contribution in [-0.2, 0) is 10.0 Å². The van der Waals surface area contributed by atoms with Crippen LogP contribution in [0, 0.1) is 12.3 Å². The summed E-state index contributed by atoms with van der Waals surface area (Å²) in [5.41, 5.74) is 4.13. The van der Waals surface area contributed by atoms with Crippen molar-refractivity contribution >= 4 is 21.7 Å². The third kappa shape index (κ3) is 3.47. The Hall–Kier alpha value is -2.04. The normalized spacial score (nSPS) is 11.8. The van der Waals surface area contributed by atoms with Gasteiger partial charge in [0.1, 0.15) is 0 Å². The number of nitrogen functional groups attached to an aromatic ring is 1. The summed E-state index contributed by atoms with van der Waals surface area (Å²) in [5.74, 6) is 0.899. The zero-order valence-electron chi connectivity index (χ0n) is 10.5. The minimum atomic E-state index is -4.08. The fourth-order valence-corrected chi connectivity index (χ4v) is 2.94. The molecule has 0 aliphatic rings. The minimum Gasteiger partial charge on any atom is -0.478 e. The zero-order valence-corrected chi connectivity index (χ0v) is 11.3. The predicted molar refractivity (Wildman–Crippen MR) is 71.0 cm³/mol. The van der Waals surface area contributed by atoms with E-state index in [0.29, 0.717) is 0 Å². The van der Waals surface area contributed by atoms with Crippen molar-refractivity contribution in [3.05, 3.63) is 23.8 Å². The quantitative estimate of drug-likeness (QED) is 0.555. The van der Waals surface area contributed by atoms with Crippen LogP contribution in [0.2, 0.25) is 0 Å². The lowest BCUT2D eigenvalue weighted by molar-refractivity contribution is 0.0692. The highest BCUT2D eigenvalue weighted by atomic mass is 32.2. The summed E-state index contributed by atoms with van der Waals surface area (Å²) in [4.78, 5) is 10.6. The van der Waals surface area contributed by atoms with E-state index in [4.69, 9.17) is 17.3 Å². The molecule has 6 nitrogen and oxygen atoms in total. The van der Waals surface area contributed by atoms with Gasteiger partial charge in [0.15, 0.2) is 0 Å². The highest BCUT2D eigenvalue weighted by Crippen LogP contribution is 2.20. The second-order valence-electron chi connectivity index (χ2n) is 4.44. The number of hydrogen-bond acceptors (Lipinski definition) is 4. The van der Waals surface area contributed by atoms with Crippen LogP contribution in [0.5, 0.6) is 0 Å². The minimum absolute atomic E-state index is 0.142. The van der Waals surface area contributed by atoms with Crippen molar-refractivity contribution in [1.82, 2.24) is 4.72 Å². The summed E-state index contributed by atoms with van der Waals surface area (Å²) < 4.78 is 26.6. The van der Waals surface area contributed by atoms with Crippen LogP contribution >= 0.6 is 0 Å². The molecule has 1 rings (SSSR count). The lowest BCUT2D eigenvalue weighted by Gasteiger charge is -2.20. The Balaban J connectivity index is 3.41. The number of carboxylic acids is 1. The molecule has 102 valence electrons. The summed E-state index contributed by atoms with van der Waals surface area (Å²) in [6.07, 6.45) is 5.20. The van der Waals surface area contributed by atoms with Gasteiger partial charge >= 0.3 is 5.97 Å². The molecule has 0 atom stereocenters. The maximum atomic E-state index is 12.2. The van der Waals surface area contributed by atoms with Gasteiger partial charge in [-0.2, -0.15) is 4.72 Å². The highest BCUT2D eigenvalue weighted by molar-refractivity contribution is 7.89. The molecule has 0 bridgehead atoms. The number of anilines is 1. The summed E-state index contributed by atoms with van der Waals surface area (Å²) in [5, 5.41) is 9.00. The fraction of sp³-hybridized carbons (Fsp3) is 0.250. The molecule has 0 radical (unpaired) electrons. The number of nitrogens with one attached hydrogen (secondary N) is 1. The van der Waals surface area contributed by atoms with Crippen LogP contribution in [0.15, 0.2) is 23.1 Å². The highest BCUT2D eigenvalue weighted by Gasteiger charge is 2.28. The van der Waals surface area contributed by atoms with Crippen LogP contribution in [0.4, 0.5) is 5.69 Å². The van der Waals surface area contributed by atoms with Gasteiger partial charge in [0.05, 0.1) is 16.0 Å². The molecule has 1 aromatic rings. The second kappa shape index (κ2) is 4.91. The lowest BCUT2D eigenvalue weighted by atomic mass is 10.1. The van der Waals surface area contributed by atoms with Gasteiger partial charge in [-0.25, -0.2) is 13.2 Å². The van der Waals surface area contributed by atoms with Crippen molar-refractivity contribution in [1.29, 1.82) is 0 Å². The predicted octanol–water partition coefficient (Wildman–Crippen LogP) is 0.657. The second-order valence-corrected chi connectivity index (χ2v) is 6.09. The van der Waals surface area contributed by atoms with Crippen LogP contribution < -0.4 is 10.5 Å². The maximum Gasteiger partial charge on any atom is 0.337 e. The topological polar surface area (TPSA) is 109 Å². The Kier molecular flexibility index (Phi) is 3.88. The van der Waals surface area contributed by atoms with Crippen LogP contribution in [-0.4, -0.2) is 25.0 Å². The molecular formula is C12H14N2O4S. The van der Waals surface area contributed by atoms with Crippen molar-refractivity contribution in [2.45, 2.75) is 24.3 Å². The molecule has 7 heteroatoms. The molecule has 4 N–H and O–H groups in total. The van der Waals surface area contributed by atoms with E-state index >= 15 is 0 Å². The number of nitrogens with two attached hydrogens (primary N) is 1. The standard InChI is InChI=1S/C12H14N2O4S/c1-4-12(2,3)14-19(17,18)10-7-8(13)5-6-9(10)11(15)16/h1,5-7,14H,13H2,2-3H3,(H,15,16). The van der Waals surface area contributed by atoms with Gasteiger partial charge in [-0.3, -0.25) is 0 Å². The smallest absolute Gasteiger partial charge is 0.337 e. The van der Waals surface area contributed by atoms with Crippen molar-refractivity contribution in [3.8, 4) is 12.3 Å². The van der Waals surface area contributed by atoms with E-state index in [1.54, 1.807) is 0 Å². The lowest BCUT2D eigenvalue weighted by Crippen LogP contribution is -2.42. The monoisotopic (exact) mass is 282 g/mol. The number of aromatic carboxylic acids is 1. The first kappa shape index (κ1) is 15.0. The van der Waals surface area contributed by atoms with E-state index in [1.807, 2.05) is 0 Å². The molecular weight excluding hydrogens is 268 g/mol. The first-order valence-corrected chi connectivity index (χ1v) is 6.72. The molecule has 1 aromatic carbocycles. The van der Waals surface area contributed by atoms with Gasteiger partial charge in [0.25, 0.3) is 0 Å². The molecule has 19 heavy (non-hydrogen) atoms. The van der Waals surface area contributed by atoms with E-state index in [2.05, 4.69) is 10.6 Å². The molecule has 0 aliphatic heterocycles. The van der Waals surface area contributed by atoms with E-state index < -0.39 is 26.4 Å². The number of rotatable bonds is 4. The molecule has 0 aliphatic carbocycles. The molecule has 0 saturated carbocycles. The number of benzene rings is 1. The number of carboxylic acid groups (broad SMARTS) is 1. The van der Waals surface area contributed by atoms with Gasteiger partial charge in [-0.05, 0) is 32.0 Å². The molecule has 0 fully saturated rings. The van der Waals surface area contributed by atoms with Gasteiger partial charge in [-0.15, -0.1) is 6.42 Å². The van der Waals surface area contributed by atoms with Gasteiger partial charge in [0, 0.05) is 5.69 Å². The molecule has 0 saturated heterocycles. The van der Waals surface area contributed by atoms with Crippen LogP contribution in [0.25, 0.3) is 0 Å². The number of sulfonamides is 1. The van der Waals surface area contributed by atoms with Crippen molar-refractivity contribution in [2.24, 2.45) is 0 Å². The largest absolute Gasteiger partial charge is 0.478 e. The summed E-state index contributed by atoms with van der Waals surface area (Å²) in [7, 11) is -4.08. The summed E-state index contributed by atoms with van der Waals surface area (Å²) in [6.45, 7) is 2.97. The number of hydrogen-bond donors (Lipinski definition) is 3. The molecule has 0 spiro atoms. The van der Waals surface area contributed by atoms with Gasteiger partial charge in [0.2, 0.25) is 10.0 Å². The Bertz CT molecular complexity index is 657. The number of terminal acetylenes is 1. The van der Waals surface area contributed by atoms with Gasteiger partial charge in [-0.1, -0.05) is 5.92 Å². The number of carbonyl (C=O) groups is 1. The Morgan fingerprint density at radius 2 is 2.05 bits per heavy atom. The van der Waals surface area contributed by atoms with E-state index in [1.165, 1.54) is 19.9 Å². The third-order valence-corrected chi connectivity index (χ3v) is 3.97. The van der Waals surface area contributed by atoms with E-state index in [-0.39, 0.29) is 11.3 Å². The Labute approximate surface area is 111 Å². The first-order chi connectivity index (χ1) is 8.59. The van der Waals surface area contributed by atoms with Crippen molar-refractivity contribution in [2.75, 3.05) is 5.73 Å². The first-order valence-electron chi connectivity index (χ1n) is 5.23. The summed E-state index contributed by atoms with van der Waals surface area (Å²) >= 11 is 0. The van der Waals surface area contributed by atoms with Gasteiger partial charge < -0.3 is 10.8 Å². The summed E-state index contributed by atoms with van der Waals surface area (Å²) in [6, 6.07) is 3.53. The SMILES string of the molecule is C#CC(C)(C)NS(=O)(=O)c1cc(N)ccc1C(=O)O. The maximum absolute atomic E-state index is 12.2. The Morgan fingerprint density at radius 1 is 1.47 bits per heavy atom. The molecule has 0 amide bonds. The fourth-order valence-electron chi connectivity index (χ4n) is 1.36. The average molecular weight is 282 g/mol. The third-order valence-electron chi connectivity index (χ3n) is 2.28. The van der Waals surface area contributed by atoms with Crippen LogP contribution in [0.1, 0.15) is 24.2 Å². The molecule has 0 unspecified atom stereocenters. The van der Waals surface area contributed by atoms with E-state index in [9.17, 15) is 13.2 Å². The molecule has 0 aromatic heterocycles. The zero-order chi connectivity index (χ0) is 14.8. The average Bonchev–Trinajstić information content (AvgIpc) is 2.27. The van der Waals surface area contributed by atoms with Crippen molar-refractivity contribution in [3.63, 3.8) is 0 Å².